The summed E-state index contributed by atoms with van der Waals surface area (Å²) < 4.78 is 23.6. The van der Waals surface area contributed by atoms with Crippen molar-refractivity contribution < 1.29 is 28.3 Å². The first-order valence-corrected chi connectivity index (χ1v) is 13.2. The van der Waals surface area contributed by atoms with Crippen molar-refractivity contribution in [1.82, 2.24) is 4.57 Å². The van der Waals surface area contributed by atoms with E-state index in [4.69, 9.17) is 30.2 Å². The van der Waals surface area contributed by atoms with Gasteiger partial charge < -0.3 is 18.6 Å². The predicted octanol–water partition coefficient (Wildman–Crippen LogP) is 4.25. The number of methoxy groups -OCH3 is 3. The molecule has 2 aromatic carbocycles. The van der Waals surface area contributed by atoms with Gasteiger partial charge in [0.2, 0.25) is 0 Å². The number of allylic oxidation sites excluding steroid dienone is 1. The molecule has 1 atom stereocenters. The Morgan fingerprint density at radius 2 is 1.85 bits per heavy atom. The van der Waals surface area contributed by atoms with Crippen molar-refractivity contribution >= 4 is 40.7 Å². The number of ether oxygens (including phenoxy) is 3. The molecule has 0 aliphatic carbocycles. The number of aromatic nitrogens is 1. The number of hydrogen-bond acceptors (Lipinski definition) is 10. The zero-order valence-electron chi connectivity index (χ0n) is 22.2. The molecule has 3 heterocycles. The summed E-state index contributed by atoms with van der Waals surface area (Å²) in [6.45, 7) is 1.67. The largest absolute Gasteiger partial charge is 0.496 e. The van der Waals surface area contributed by atoms with Gasteiger partial charge in [-0.25, -0.2) is 9.79 Å². The Morgan fingerprint density at radius 3 is 2.54 bits per heavy atom. The second-order valence-electron chi connectivity index (χ2n) is 8.80. The van der Waals surface area contributed by atoms with Crippen LogP contribution in [0.25, 0.3) is 17.4 Å². The molecule has 0 unspecified atom stereocenters. The molecule has 0 bridgehead atoms. The van der Waals surface area contributed by atoms with E-state index in [2.05, 4.69) is 4.99 Å². The highest BCUT2D eigenvalue weighted by molar-refractivity contribution is 7.07. The van der Waals surface area contributed by atoms with Crippen LogP contribution >= 0.6 is 22.9 Å². The number of carbonyl (C=O) groups is 1. The molecule has 0 saturated heterocycles. The highest BCUT2D eigenvalue weighted by atomic mass is 35.5. The lowest BCUT2D eigenvalue weighted by Crippen LogP contribution is -2.40. The van der Waals surface area contributed by atoms with Gasteiger partial charge in [-0.1, -0.05) is 22.9 Å². The van der Waals surface area contributed by atoms with Gasteiger partial charge in [-0.3, -0.25) is 19.5 Å². The van der Waals surface area contributed by atoms with Gasteiger partial charge in [-0.05, 0) is 43.3 Å². The minimum atomic E-state index is -0.921. The van der Waals surface area contributed by atoms with E-state index in [0.717, 1.165) is 11.3 Å². The number of hydrogen-bond donors (Lipinski definition) is 0. The number of furan rings is 1. The number of benzene rings is 2. The van der Waals surface area contributed by atoms with Crippen LogP contribution < -0.4 is 24.4 Å². The number of non-ortho nitro benzene ring substituents is 1. The highest BCUT2D eigenvalue weighted by Gasteiger charge is 2.35. The van der Waals surface area contributed by atoms with Gasteiger partial charge in [0, 0.05) is 28.8 Å². The number of nitrogens with zero attached hydrogens (tertiary/aromatic N) is 3. The lowest BCUT2D eigenvalue weighted by Gasteiger charge is -2.25. The van der Waals surface area contributed by atoms with E-state index in [0.29, 0.717) is 49.7 Å². The van der Waals surface area contributed by atoms with Gasteiger partial charge in [0.05, 0.1) is 47.6 Å². The third-order valence-electron chi connectivity index (χ3n) is 6.47. The first-order valence-electron chi connectivity index (χ1n) is 12.0. The molecule has 0 saturated carbocycles. The van der Waals surface area contributed by atoms with E-state index in [1.807, 2.05) is 0 Å². The van der Waals surface area contributed by atoms with Crippen molar-refractivity contribution in [3.63, 3.8) is 0 Å². The Bertz CT molecular complexity index is 1920. The maximum absolute atomic E-state index is 13.8. The smallest absolute Gasteiger partial charge is 0.338 e. The third-order valence-corrected chi connectivity index (χ3v) is 7.69. The summed E-state index contributed by atoms with van der Waals surface area (Å²) in [7, 11) is 4.19. The molecule has 1 aliphatic heterocycles. The van der Waals surface area contributed by atoms with Crippen LogP contribution in [0.3, 0.4) is 0 Å². The Labute approximate surface area is 241 Å². The fourth-order valence-electron chi connectivity index (χ4n) is 4.61. The van der Waals surface area contributed by atoms with E-state index in [-0.39, 0.29) is 15.8 Å². The zero-order chi connectivity index (χ0) is 29.4. The molecule has 2 aromatic heterocycles. The fourth-order valence-corrected chi connectivity index (χ4v) is 5.82. The summed E-state index contributed by atoms with van der Waals surface area (Å²) in [5.41, 5.74) is 0.871. The standard InChI is InChI=1S/C28H22ClN3O8S/c1-14-24(27(34)39-4)25(19-11-15(29)5-8-21(19)38-3)31-26(33)23(41-28(31)30-14)13-17-7-10-22(40-17)18-12-16(32(35)36)6-9-20(18)37-2/h5-13,25H,1-4H3/b23-13-/t25-/m1/s1. The number of thiazole rings is 1. The van der Waals surface area contributed by atoms with E-state index >= 15 is 0 Å². The summed E-state index contributed by atoms with van der Waals surface area (Å²) in [5.74, 6) is 0.799. The lowest BCUT2D eigenvalue weighted by atomic mass is 9.95. The quantitative estimate of drug-likeness (QED) is 0.176. The Kier molecular flexibility index (Phi) is 7.52. The number of rotatable bonds is 7. The second-order valence-corrected chi connectivity index (χ2v) is 10.2. The molecule has 0 spiro atoms. The molecule has 41 heavy (non-hydrogen) atoms. The van der Waals surface area contributed by atoms with E-state index in [1.165, 1.54) is 44.1 Å². The summed E-state index contributed by atoms with van der Waals surface area (Å²) in [6, 6.07) is 11.5. The number of esters is 1. The van der Waals surface area contributed by atoms with Crippen molar-refractivity contribution in [1.29, 1.82) is 0 Å². The van der Waals surface area contributed by atoms with Crippen LogP contribution in [0.4, 0.5) is 5.69 Å². The molecule has 210 valence electrons. The van der Waals surface area contributed by atoms with Gasteiger partial charge in [0.15, 0.2) is 4.80 Å². The summed E-state index contributed by atoms with van der Waals surface area (Å²) in [6.07, 6.45) is 1.54. The van der Waals surface area contributed by atoms with Gasteiger partial charge in [-0.15, -0.1) is 0 Å². The highest BCUT2D eigenvalue weighted by Crippen LogP contribution is 2.37. The molecule has 13 heteroatoms. The van der Waals surface area contributed by atoms with E-state index in [9.17, 15) is 19.7 Å². The fraction of sp³-hybridized carbons (Fsp3) is 0.179. The molecule has 0 fully saturated rings. The third kappa shape index (κ3) is 5.03. The van der Waals surface area contributed by atoms with Crippen molar-refractivity contribution in [3.05, 3.63) is 106 Å². The molecule has 0 N–H and O–H groups in total. The minimum absolute atomic E-state index is 0.125. The van der Waals surface area contributed by atoms with Gasteiger partial charge in [0.25, 0.3) is 11.2 Å². The molecule has 0 amide bonds. The van der Waals surface area contributed by atoms with Crippen LogP contribution in [0.1, 0.15) is 24.3 Å². The first kappa shape index (κ1) is 27.9. The summed E-state index contributed by atoms with van der Waals surface area (Å²) >= 11 is 7.42. The summed E-state index contributed by atoms with van der Waals surface area (Å²) in [4.78, 5) is 42.4. The average Bonchev–Trinajstić information content (AvgIpc) is 3.55. The molecule has 11 nitrogen and oxygen atoms in total. The Morgan fingerprint density at radius 1 is 1.12 bits per heavy atom. The monoisotopic (exact) mass is 595 g/mol. The van der Waals surface area contributed by atoms with Crippen molar-refractivity contribution in [2.24, 2.45) is 4.99 Å². The lowest BCUT2D eigenvalue weighted by molar-refractivity contribution is -0.384. The van der Waals surface area contributed by atoms with Crippen LogP contribution in [-0.2, 0) is 9.53 Å². The van der Waals surface area contributed by atoms with Gasteiger partial charge >= 0.3 is 5.97 Å². The number of halogens is 1. The number of nitro groups is 1. The van der Waals surface area contributed by atoms with Gasteiger partial charge in [-0.2, -0.15) is 0 Å². The van der Waals surface area contributed by atoms with Gasteiger partial charge in [0.1, 0.15) is 29.1 Å². The van der Waals surface area contributed by atoms with Crippen molar-refractivity contribution in [2.75, 3.05) is 21.3 Å². The van der Waals surface area contributed by atoms with Crippen LogP contribution in [0.15, 0.2) is 74.0 Å². The van der Waals surface area contributed by atoms with E-state index < -0.39 is 22.5 Å². The number of carbonyl (C=O) groups excluding carboxylic acids is 1. The molecule has 5 rings (SSSR count). The van der Waals surface area contributed by atoms with Crippen LogP contribution in [-0.4, -0.2) is 36.8 Å². The molecule has 1 aliphatic rings. The van der Waals surface area contributed by atoms with Crippen molar-refractivity contribution in [2.45, 2.75) is 13.0 Å². The normalized spacial score (nSPS) is 14.9. The van der Waals surface area contributed by atoms with Crippen LogP contribution in [0.2, 0.25) is 5.02 Å². The maximum atomic E-state index is 13.8. The van der Waals surface area contributed by atoms with Crippen molar-refractivity contribution in [3.8, 4) is 22.8 Å². The number of fused-ring (bicyclic) bond motifs is 1. The van der Waals surface area contributed by atoms with E-state index in [1.54, 1.807) is 43.3 Å². The van der Waals surface area contributed by atoms with Crippen LogP contribution in [0.5, 0.6) is 11.5 Å². The molecule has 4 aromatic rings. The van der Waals surface area contributed by atoms with Crippen LogP contribution in [0, 0.1) is 10.1 Å². The predicted molar refractivity (Wildman–Crippen MR) is 151 cm³/mol. The topological polar surface area (TPSA) is 135 Å². The Balaban J connectivity index is 1.67. The first-order chi connectivity index (χ1) is 19.7. The zero-order valence-corrected chi connectivity index (χ0v) is 23.7. The second kappa shape index (κ2) is 11.1. The molecular weight excluding hydrogens is 574 g/mol. The number of nitro benzene ring substituents is 1. The molecule has 0 radical (unpaired) electrons. The average molecular weight is 596 g/mol. The SMILES string of the molecule is COC(=O)C1=C(C)N=c2s/c(=C\c3ccc(-c4cc([N+](=O)[O-])ccc4OC)o3)c(=O)n2[C@@H]1c1cc(Cl)ccc1OC. The molecular formula is C28H22ClN3O8S. The Hall–Kier alpha value is -4.68. The maximum Gasteiger partial charge on any atom is 0.338 e. The summed E-state index contributed by atoms with van der Waals surface area (Å²) in [5, 5.41) is 11.7. The minimum Gasteiger partial charge on any atom is -0.496 e.